The van der Waals surface area contributed by atoms with Crippen LogP contribution in [0.5, 0.6) is 0 Å². The van der Waals surface area contributed by atoms with Gasteiger partial charge >= 0.3 is 0 Å². The maximum absolute atomic E-state index is 3.42. The van der Waals surface area contributed by atoms with E-state index in [1.807, 2.05) is 0 Å². The lowest BCUT2D eigenvalue weighted by atomic mass is 9.90. The van der Waals surface area contributed by atoms with Crippen molar-refractivity contribution in [3.8, 4) is 0 Å². The molecule has 1 saturated heterocycles. The first-order chi connectivity index (χ1) is 5.88. The van der Waals surface area contributed by atoms with Crippen LogP contribution in [-0.2, 0) is 0 Å². The van der Waals surface area contributed by atoms with Crippen LogP contribution in [0.4, 0.5) is 0 Å². The van der Waals surface area contributed by atoms with E-state index in [0.717, 1.165) is 18.4 Å². The lowest BCUT2D eigenvalue weighted by Crippen LogP contribution is -2.07. The van der Waals surface area contributed by atoms with Crippen LogP contribution in [0, 0.1) is 5.92 Å². The zero-order valence-corrected chi connectivity index (χ0v) is 7.46. The topological polar surface area (TPSA) is 12.0 Å². The molecule has 0 unspecified atom stereocenters. The van der Waals surface area contributed by atoms with E-state index < -0.39 is 0 Å². The summed E-state index contributed by atoms with van der Waals surface area (Å²) >= 11 is 0. The van der Waals surface area contributed by atoms with E-state index >= 15 is 0 Å². The SMILES string of the molecule is C[C@@H]1CNC[C@H]1c1ccccc1. The molecule has 1 nitrogen and oxygen atoms in total. The smallest absolute Gasteiger partial charge is 0.00233 e. The number of benzene rings is 1. The lowest BCUT2D eigenvalue weighted by molar-refractivity contribution is 0.572. The zero-order valence-electron chi connectivity index (χ0n) is 7.46. The minimum Gasteiger partial charge on any atom is -0.316 e. The Balaban J connectivity index is 2.19. The van der Waals surface area contributed by atoms with Crippen molar-refractivity contribution in [3.05, 3.63) is 35.9 Å². The molecule has 2 rings (SSSR count). The molecule has 1 aromatic carbocycles. The summed E-state index contributed by atoms with van der Waals surface area (Å²) in [5, 5.41) is 3.42. The molecule has 0 radical (unpaired) electrons. The second-order valence-electron chi connectivity index (χ2n) is 3.65. The molecule has 1 aliphatic heterocycles. The van der Waals surface area contributed by atoms with Gasteiger partial charge in [-0.05, 0) is 18.0 Å². The highest BCUT2D eigenvalue weighted by Crippen LogP contribution is 2.26. The van der Waals surface area contributed by atoms with Gasteiger partial charge in [-0.3, -0.25) is 0 Å². The number of hydrogen-bond acceptors (Lipinski definition) is 1. The fraction of sp³-hybridized carbons (Fsp3) is 0.455. The third-order valence-corrected chi connectivity index (χ3v) is 2.75. The van der Waals surface area contributed by atoms with Crippen LogP contribution in [0.3, 0.4) is 0 Å². The summed E-state index contributed by atoms with van der Waals surface area (Å²) in [7, 11) is 0. The minimum atomic E-state index is 0.728. The van der Waals surface area contributed by atoms with E-state index in [2.05, 4.69) is 42.6 Å². The number of rotatable bonds is 1. The molecule has 0 aromatic heterocycles. The van der Waals surface area contributed by atoms with Crippen LogP contribution in [-0.4, -0.2) is 13.1 Å². The van der Waals surface area contributed by atoms with Gasteiger partial charge in [-0.1, -0.05) is 37.3 Å². The maximum Gasteiger partial charge on any atom is 0.00233 e. The summed E-state index contributed by atoms with van der Waals surface area (Å²) in [6.45, 7) is 4.63. The lowest BCUT2D eigenvalue weighted by Gasteiger charge is -2.13. The molecule has 0 bridgehead atoms. The van der Waals surface area contributed by atoms with Crippen molar-refractivity contribution in [2.75, 3.05) is 13.1 Å². The summed E-state index contributed by atoms with van der Waals surface area (Å²) in [6.07, 6.45) is 0. The zero-order chi connectivity index (χ0) is 8.39. The first-order valence-corrected chi connectivity index (χ1v) is 4.63. The van der Waals surface area contributed by atoms with E-state index in [1.165, 1.54) is 12.1 Å². The molecular formula is C11H15N. The highest BCUT2D eigenvalue weighted by molar-refractivity contribution is 5.21. The van der Waals surface area contributed by atoms with Crippen LogP contribution in [0.1, 0.15) is 18.4 Å². The average molecular weight is 161 g/mol. The molecule has 1 heterocycles. The van der Waals surface area contributed by atoms with Gasteiger partial charge in [0.25, 0.3) is 0 Å². The molecule has 1 N–H and O–H groups in total. The maximum atomic E-state index is 3.42. The van der Waals surface area contributed by atoms with Crippen molar-refractivity contribution < 1.29 is 0 Å². The largest absolute Gasteiger partial charge is 0.316 e. The van der Waals surface area contributed by atoms with Crippen molar-refractivity contribution in [1.29, 1.82) is 0 Å². The molecule has 64 valence electrons. The number of hydrogen-bond donors (Lipinski definition) is 1. The van der Waals surface area contributed by atoms with Crippen LogP contribution in [0.25, 0.3) is 0 Å². The minimum absolute atomic E-state index is 0.728. The molecule has 2 atom stereocenters. The first kappa shape index (κ1) is 7.81. The molecule has 1 aromatic rings. The van der Waals surface area contributed by atoms with Gasteiger partial charge in [0.2, 0.25) is 0 Å². The molecule has 1 heteroatoms. The van der Waals surface area contributed by atoms with E-state index in [-0.39, 0.29) is 0 Å². The standard InChI is InChI=1S/C11H15N/c1-9-7-12-8-11(9)10-5-3-2-4-6-10/h2-6,9,11-12H,7-8H2,1H3/t9-,11-/m1/s1. The third kappa shape index (κ3) is 1.37. The van der Waals surface area contributed by atoms with Gasteiger partial charge in [0, 0.05) is 12.5 Å². The van der Waals surface area contributed by atoms with Crippen molar-refractivity contribution >= 4 is 0 Å². The Morgan fingerprint density at radius 1 is 1.17 bits per heavy atom. The Bertz CT molecular complexity index is 242. The van der Waals surface area contributed by atoms with Crippen molar-refractivity contribution in [3.63, 3.8) is 0 Å². The van der Waals surface area contributed by atoms with Crippen LogP contribution in [0.15, 0.2) is 30.3 Å². The van der Waals surface area contributed by atoms with Crippen molar-refractivity contribution in [2.24, 2.45) is 5.92 Å². The Morgan fingerprint density at radius 3 is 2.50 bits per heavy atom. The van der Waals surface area contributed by atoms with Gasteiger partial charge in [0.15, 0.2) is 0 Å². The Labute approximate surface area is 73.8 Å². The molecule has 0 amide bonds. The van der Waals surface area contributed by atoms with E-state index in [4.69, 9.17) is 0 Å². The quantitative estimate of drug-likeness (QED) is 0.664. The Hall–Kier alpha value is -0.820. The fourth-order valence-corrected chi connectivity index (χ4v) is 1.96. The highest BCUT2D eigenvalue weighted by Gasteiger charge is 2.23. The first-order valence-electron chi connectivity index (χ1n) is 4.63. The molecule has 1 fully saturated rings. The second kappa shape index (κ2) is 3.28. The van der Waals surface area contributed by atoms with Crippen LogP contribution < -0.4 is 5.32 Å². The second-order valence-corrected chi connectivity index (χ2v) is 3.65. The predicted molar refractivity (Wildman–Crippen MR) is 51.2 cm³/mol. The molecule has 0 saturated carbocycles. The average Bonchev–Trinajstić information content (AvgIpc) is 2.53. The Kier molecular flexibility index (Phi) is 2.13. The van der Waals surface area contributed by atoms with E-state index in [0.29, 0.717) is 0 Å². The van der Waals surface area contributed by atoms with Crippen LogP contribution in [0.2, 0.25) is 0 Å². The van der Waals surface area contributed by atoms with Crippen LogP contribution >= 0.6 is 0 Å². The summed E-state index contributed by atoms with van der Waals surface area (Å²) in [5.41, 5.74) is 1.48. The van der Waals surface area contributed by atoms with Gasteiger partial charge in [-0.15, -0.1) is 0 Å². The molecule has 0 spiro atoms. The normalized spacial score (nSPS) is 29.1. The molecule has 1 aliphatic rings. The molecular weight excluding hydrogens is 146 g/mol. The van der Waals surface area contributed by atoms with Gasteiger partial charge in [-0.2, -0.15) is 0 Å². The Morgan fingerprint density at radius 2 is 1.92 bits per heavy atom. The van der Waals surface area contributed by atoms with Crippen molar-refractivity contribution in [1.82, 2.24) is 5.32 Å². The van der Waals surface area contributed by atoms with Gasteiger partial charge in [0.05, 0.1) is 0 Å². The molecule has 12 heavy (non-hydrogen) atoms. The van der Waals surface area contributed by atoms with E-state index in [1.54, 1.807) is 0 Å². The summed E-state index contributed by atoms with van der Waals surface area (Å²) in [6, 6.07) is 10.8. The van der Waals surface area contributed by atoms with E-state index in [9.17, 15) is 0 Å². The predicted octanol–water partition coefficient (Wildman–Crippen LogP) is 2.01. The van der Waals surface area contributed by atoms with Gasteiger partial charge in [-0.25, -0.2) is 0 Å². The summed E-state index contributed by atoms with van der Waals surface area (Å²) in [4.78, 5) is 0. The number of nitrogens with one attached hydrogen (secondary N) is 1. The third-order valence-electron chi connectivity index (χ3n) is 2.75. The summed E-state index contributed by atoms with van der Waals surface area (Å²) in [5.74, 6) is 1.51. The van der Waals surface area contributed by atoms with Gasteiger partial charge in [0.1, 0.15) is 0 Å². The monoisotopic (exact) mass is 161 g/mol. The highest BCUT2D eigenvalue weighted by atomic mass is 14.9. The summed E-state index contributed by atoms with van der Waals surface area (Å²) < 4.78 is 0. The van der Waals surface area contributed by atoms with Crippen molar-refractivity contribution in [2.45, 2.75) is 12.8 Å². The van der Waals surface area contributed by atoms with Gasteiger partial charge < -0.3 is 5.32 Å². The molecule has 0 aliphatic carbocycles. The fourth-order valence-electron chi connectivity index (χ4n) is 1.96.